The van der Waals surface area contributed by atoms with Crippen LogP contribution >= 0.6 is 36.4 Å². The Morgan fingerprint density at radius 1 is 1.14 bits per heavy atom. The molecule has 2 aliphatic heterocycles. The average molecular weight is 462 g/mol. The Morgan fingerprint density at radius 2 is 1.83 bits per heavy atom. The molecule has 0 spiro atoms. The second-order valence-electron chi connectivity index (χ2n) is 7.28. The third-order valence-corrected chi connectivity index (χ3v) is 5.73. The lowest BCUT2D eigenvalue weighted by Crippen LogP contribution is -2.49. The number of anilines is 1. The van der Waals surface area contributed by atoms with E-state index in [9.17, 15) is 4.79 Å². The molecule has 0 bridgehead atoms. The molecule has 0 atom stereocenters. The number of hydrogen-bond donors (Lipinski definition) is 1. The van der Waals surface area contributed by atoms with Crippen molar-refractivity contribution in [1.29, 1.82) is 0 Å². The number of aryl methyl sites for hydroxylation is 1. The number of nitrogens with one attached hydrogen (secondary N) is 1. The zero-order valence-electron chi connectivity index (χ0n) is 16.4. The van der Waals surface area contributed by atoms with Crippen LogP contribution < -0.4 is 10.2 Å². The summed E-state index contributed by atoms with van der Waals surface area (Å²) >= 11 is 6.15. The quantitative estimate of drug-likeness (QED) is 0.761. The van der Waals surface area contributed by atoms with Gasteiger partial charge in [0.1, 0.15) is 0 Å². The third-order valence-electron chi connectivity index (χ3n) is 5.49. The van der Waals surface area contributed by atoms with E-state index in [1.54, 1.807) is 0 Å². The van der Waals surface area contributed by atoms with Gasteiger partial charge in [0.15, 0.2) is 5.69 Å². The van der Waals surface area contributed by atoms with Gasteiger partial charge in [-0.15, -0.1) is 29.9 Å². The minimum atomic E-state index is -0.0300. The Labute approximate surface area is 188 Å². The number of halogens is 3. The van der Waals surface area contributed by atoms with Gasteiger partial charge in [-0.25, -0.2) is 4.68 Å². The molecule has 3 heterocycles. The predicted molar refractivity (Wildman–Crippen MR) is 120 cm³/mol. The van der Waals surface area contributed by atoms with Crippen LogP contribution in [0, 0.1) is 6.92 Å². The Hall–Kier alpha value is -1.54. The van der Waals surface area contributed by atoms with Crippen LogP contribution in [0.3, 0.4) is 0 Å². The monoisotopic (exact) mass is 460 g/mol. The topological polar surface area (TPSA) is 66.3 Å². The van der Waals surface area contributed by atoms with E-state index in [0.29, 0.717) is 24.8 Å². The van der Waals surface area contributed by atoms with Crippen molar-refractivity contribution >= 4 is 48.0 Å². The molecule has 0 unspecified atom stereocenters. The normalized spacial score (nSPS) is 17.4. The number of amides is 1. The molecule has 2 aliphatic rings. The highest BCUT2D eigenvalue weighted by atomic mass is 35.5. The fourth-order valence-corrected chi connectivity index (χ4v) is 4.03. The Kier molecular flexibility index (Phi) is 8.58. The van der Waals surface area contributed by atoms with E-state index in [-0.39, 0.29) is 30.7 Å². The lowest BCUT2D eigenvalue weighted by Gasteiger charge is -2.36. The fourth-order valence-electron chi connectivity index (χ4n) is 3.86. The third kappa shape index (κ3) is 5.34. The van der Waals surface area contributed by atoms with Gasteiger partial charge in [0.05, 0.1) is 12.2 Å². The van der Waals surface area contributed by atoms with Gasteiger partial charge in [0, 0.05) is 36.9 Å². The molecule has 1 aromatic heterocycles. The molecular formula is C19H27Cl3N6O. The average Bonchev–Trinajstić information content (AvgIpc) is 3.20. The Balaban J connectivity index is 0.00000150. The van der Waals surface area contributed by atoms with Crippen molar-refractivity contribution in [2.24, 2.45) is 0 Å². The first-order chi connectivity index (χ1) is 13.1. The molecule has 4 rings (SSSR count). The van der Waals surface area contributed by atoms with E-state index in [2.05, 4.69) is 27.5 Å². The summed E-state index contributed by atoms with van der Waals surface area (Å²) in [6.07, 6.45) is 3.86. The predicted octanol–water partition coefficient (Wildman–Crippen LogP) is 2.97. The molecule has 1 aromatic carbocycles. The van der Waals surface area contributed by atoms with Gasteiger partial charge in [-0.2, -0.15) is 0 Å². The first-order valence-corrected chi connectivity index (χ1v) is 9.92. The van der Waals surface area contributed by atoms with Crippen LogP contribution in [0.5, 0.6) is 0 Å². The van der Waals surface area contributed by atoms with E-state index in [0.717, 1.165) is 49.7 Å². The van der Waals surface area contributed by atoms with Gasteiger partial charge in [-0.3, -0.25) is 4.79 Å². The molecule has 2 fully saturated rings. The summed E-state index contributed by atoms with van der Waals surface area (Å²) in [5.41, 5.74) is 2.79. The molecule has 7 nitrogen and oxygen atoms in total. The van der Waals surface area contributed by atoms with Gasteiger partial charge in [0.2, 0.25) is 0 Å². The number of aromatic nitrogens is 3. The highest BCUT2D eigenvalue weighted by molar-refractivity contribution is 6.30. The van der Waals surface area contributed by atoms with E-state index in [1.165, 1.54) is 5.56 Å². The van der Waals surface area contributed by atoms with Crippen molar-refractivity contribution in [3.63, 3.8) is 0 Å². The Morgan fingerprint density at radius 3 is 2.52 bits per heavy atom. The number of hydrogen-bond acceptors (Lipinski definition) is 5. The van der Waals surface area contributed by atoms with Crippen molar-refractivity contribution < 1.29 is 4.79 Å². The van der Waals surface area contributed by atoms with Crippen molar-refractivity contribution in [1.82, 2.24) is 25.2 Å². The van der Waals surface area contributed by atoms with Crippen LogP contribution in [0.25, 0.3) is 0 Å². The summed E-state index contributed by atoms with van der Waals surface area (Å²) in [4.78, 5) is 17.0. The van der Waals surface area contributed by atoms with E-state index >= 15 is 0 Å². The molecule has 0 aliphatic carbocycles. The molecule has 29 heavy (non-hydrogen) atoms. The summed E-state index contributed by atoms with van der Waals surface area (Å²) in [7, 11) is 0. The molecule has 0 saturated carbocycles. The molecule has 1 amide bonds. The molecular weight excluding hydrogens is 435 g/mol. The molecule has 0 radical (unpaired) electrons. The first kappa shape index (κ1) is 23.7. The van der Waals surface area contributed by atoms with Crippen LogP contribution in [0.4, 0.5) is 5.69 Å². The maximum atomic E-state index is 12.8. The summed E-state index contributed by atoms with van der Waals surface area (Å²) in [5.74, 6) is -0.0300. The largest absolute Gasteiger partial charge is 0.368 e. The fraction of sp³-hybridized carbons (Fsp3) is 0.526. The number of benzene rings is 1. The molecule has 1 N–H and O–H groups in total. The lowest BCUT2D eigenvalue weighted by atomic mass is 10.1. The van der Waals surface area contributed by atoms with Gasteiger partial charge >= 0.3 is 0 Å². The van der Waals surface area contributed by atoms with Crippen molar-refractivity contribution in [2.45, 2.75) is 25.8 Å². The maximum absolute atomic E-state index is 12.8. The Bertz CT molecular complexity index is 816. The summed E-state index contributed by atoms with van der Waals surface area (Å²) < 4.78 is 1.86. The second kappa shape index (κ2) is 10.5. The minimum Gasteiger partial charge on any atom is -0.368 e. The minimum absolute atomic E-state index is 0. The molecule has 2 aromatic rings. The lowest BCUT2D eigenvalue weighted by molar-refractivity contribution is 0.0740. The number of piperazine rings is 1. The number of nitrogens with zero attached hydrogens (tertiary/aromatic N) is 5. The standard InChI is InChI=1S/C19H25ClN6O.2ClH/c1-14-2-3-15(20)12-18(14)24-8-10-25(11-9-24)19(27)17-13-26(23-22-17)16-4-6-21-7-5-16;;/h2-3,12-13,16,21H,4-11H2,1H3;2*1H. The van der Waals surface area contributed by atoms with E-state index in [4.69, 9.17) is 11.6 Å². The molecule has 160 valence electrons. The van der Waals surface area contributed by atoms with E-state index in [1.807, 2.05) is 34.0 Å². The van der Waals surface area contributed by atoms with Gasteiger partial charge < -0.3 is 15.1 Å². The summed E-state index contributed by atoms with van der Waals surface area (Å²) in [6, 6.07) is 6.28. The molecule has 2 saturated heterocycles. The van der Waals surface area contributed by atoms with Crippen LogP contribution in [0.15, 0.2) is 24.4 Å². The second-order valence-corrected chi connectivity index (χ2v) is 7.71. The summed E-state index contributed by atoms with van der Waals surface area (Å²) in [5, 5.41) is 12.4. The number of carbonyl (C=O) groups is 1. The SMILES string of the molecule is Cc1ccc(Cl)cc1N1CCN(C(=O)c2cn(C3CCNCC3)nn2)CC1.Cl.Cl. The first-order valence-electron chi connectivity index (χ1n) is 9.55. The zero-order valence-corrected chi connectivity index (χ0v) is 18.8. The van der Waals surface area contributed by atoms with Crippen LogP contribution in [-0.2, 0) is 0 Å². The molecule has 10 heteroatoms. The zero-order chi connectivity index (χ0) is 18.8. The van der Waals surface area contributed by atoms with Crippen molar-refractivity contribution in [3.05, 3.63) is 40.7 Å². The van der Waals surface area contributed by atoms with Crippen molar-refractivity contribution in [3.8, 4) is 0 Å². The van der Waals surface area contributed by atoms with Gasteiger partial charge in [0.25, 0.3) is 5.91 Å². The maximum Gasteiger partial charge on any atom is 0.276 e. The van der Waals surface area contributed by atoms with Crippen LogP contribution in [0.1, 0.15) is 34.9 Å². The number of piperidine rings is 1. The van der Waals surface area contributed by atoms with Gasteiger partial charge in [-0.1, -0.05) is 22.9 Å². The van der Waals surface area contributed by atoms with E-state index < -0.39 is 0 Å². The highest BCUT2D eigenvalue weighted by Gasteiger charge is 2.26. The van der Waals surface area contributed by atoms with Crippen LogP contribution in [0.2, 0.25) is 5.02 Å². The summed E-state index contributed by atoms with van der Waals surface area (Å²) in [6.45, 7) is 6.97. The number of carbonyl (C=O) groups excluding carboxylic acids is 1. The number of rotatable bonds is 3. The van der Waals surface area contributed by atoms with Crippen LogP contribution in [-0.4, -0.2) is 65.1 Å². The van der Waals surface area contributed by atoms with Gasteiger partial charge in [-0.05, 0) is 50.6 Å². The smallest absolute Gasteiger partial charge is 0.276 e. The highest BCUT2D eigenvalue weighted by Crippen LogP contribution is 2.25. The van der Waals surface area contributed by atoms with Crippen molar-refractivity contribution in [2.75, 3.05) is 44.2 Å².